The summed E-state index contributed by atoms with van der Waals surface area (Å²) in [4.78, 5) is 6.83. The van der Waals surface area contributed by atoms with Crippen molar-refractivity contribution in [1.82, 2.24) is 29.9 Å². The highest BCUT2D eigenvalue weighted by Gasteiger charge is 2.13. The van der Waals surface area contributed by atoms with Gasteiger partial charge in [0.1, 0.15) is 5.82 Å². The normalized spacial score (nSPS) is 15.5. The second-order valence-electron chi connectivity index (χ2n) is 7.54. The molecule has 0 spiro atoms. The van der Waals surface area contributed by atoms with E-state index in [1.54, 1.807) is 6.20 Å². The molecule has 5 rings (SSSR count). The molecule has 144 valence electrons. The van der Waals surface area contributed by atoms with E-state index in [-0.39, 0.29) is 0 Å². The summed E-state index contributed by atoms with van der Waals surface area (Å²) in [5.74, 6) is 0.859. The zero-order valence-corrected chi connectivity index (χ0v) is 16.1. The molecule has 0 bridgehead atoms. The predicted molar refractivity (Wildman–Crippen MR) is 112 cm³/mol. The number of benzene rings is 1. The molecule has 28 heavy (non-hydrogen) atoms. The number of nitrogens with one attached hydrogen (secondary N) is 2. The maximum Gasteiger partial charge on any atom is 0.183 e. The fourth-order valence-corrected chi connectivity index (χ4v) is 4.10. The van der Waals surface area contributed by atoms with Gasteiger partial charge in [-0.1, -0.05) is 6.42 Å². The van der Waals surface area contributed by atoms with Crippen molar-refractivity contribution in [2.24, 2.45) is 0 Å². The molecule has 7 heteroatoms. The molecule has 2 N–H and O–H groups in total. The highest BCUT2D eigenvalue weighted by atomic mass is 15.3. The summed E-state index contributed by atoms with van der Waals surface area (Å²) in [6.45, 7) is 6.54. The van der Waals surface area contributed by atoms with Gasteiger partial charge >= 0.3 is 0 Å². The lowest BCUT2D eigenvalue weighted by Crippen LogP contribution is -2.32. The van der Waals surface area contributed by atoms with Crippen molar-refractivity contribution in [3.8, 4) is 0 Å². The minimum absolute atomic E-state index is 0.716. The number of H-pyrrole nitrogens is 1. The monoisotopic (exact) mass is 375 g/mol. The van der Waals surface area contributed by atoms with Gasteiger partial charge in [-0.3, -0.25) is 9.78 Å². The molecule has 1 aromatic carbocycles. The van der Waals surface area contributed by atoms with Crippen molar-refractivity contribution < 1.29 is 0 Å². The summed E-state index contributed by atoms with van der Waals surface area (Å²) in [7, 11) is 0. The average molecular weight is 375 g/mol. The fraction of sp³-hybridized carbons (Fsp3) is 0.381. The molecular weight excluding hydrogens is 350 g/mol. The standard InChI is InChI=1S/C21H25N7/c1-15-18-14-16(23-21-17-6-5-9-22-20(17)24-25-21)7-8-19(18)28(26-15)13-12-27-10-3-2-4-11-27/h5-9,14H,2-4,10-13H2,1H3,(H2,22,23,24,25). The third-order valence-corrected chi connectivity index (χ3v) is 5.61. The SMILES string of the molecule is Cc1nn(CCN2CCCCC2)c2ccc(Nc3[nH]nc4ncccc34)cc12. The van der Waals surface area contributed by atoms with Crippen LogP contribution in [0.4, 0.5) is 11.5 Å². The number of aromatic amines is 1. The number of pyridine rings is 1. The van der Waals surface area contributed by atoms with Gasteiger partial charge in [-0.25, -0.2) is 4.98 Å². The van der Waals surface area contributed by atoms with Gasteiger partial charge in [-0.05, 0) is 63.2 Å². The van der Waals surface area contributed by atoms with Gasteiger partial charge in [0, 0.05) is 23.8 Å². The molecule has 1 aliphatic rings. The van der Waals surface area contributed by atoms with Crippen molar-refractivity contribution in [3.63, 3.8) is 0 Å². The third-order valence-electron chi connectivity index (χ3n) is 5.61. The Bertz CT molecular complexity index is 1100. The van der Waals surface area contributed by atoms with E-state index in [1.165, 1.54) is 43.3 Å². The van der Waals surface area contributed by atoms with Gasteiger partial charge in [-0.15, -0.1) is 0 Å². The molecule has 4 heterocycles. The fourth-order valence-electron chi connectivity index (χ4n) is 4.10. The molecule has 0 aliphatic carbocycles. The summed E-state index contributed by atoms with van der Waals surface area (Å²) in [6, 6.07) is 10.4. The Morgan fingerprint density at radius 3 is 2.86 bits per heavy atom. The lowest BCUT2D eigenvalue weighted by Gasteiger charge is -2.26. The van der Waals surface area contributed by atoms with Gasteiger partial charge in [0.2, 0.25) is 0 Å². The largest absolute Gasteiger partial charge is 0.340 e. The van der Waals surface area contributed by atoms with E-state index >= 15 is 0 Å². The van der Waals surface area contributed by atoms with E-state index in [1.807, 2.05) is 12.1 Å². The maximum atomic E-state index is 4.79. The van der Waals surface area contributed by atoms with Crippen LogP contribution in [0, 0.1) is 6.92 Å². The number of hydrogen-bond donors (Lipinski definition) is 2. The second kappa shape index (κ2) is 7.24. The average Bonchev–Trinajstić information content (AvgIpc) is 3.28. The van der Waals surface area contributed by atoms with Gasteiger partial charge in [0.25, 0.3) is 0 Å². The lowest BCUT2D eigenvalue weighted by molar-refractivity contribution is 0.219. The van der Waals surface area contributed by atoms with Crippen LogP contribution < -0.4 is 5.32 Å². The van der Waals surface area contributed by atoms with E-state index in [4.69, 9.17) is 5.10 Å². The smallest absolute Gasteiger partial charge is 0.183 e. The predicted octanol–water partition coefficient (Wildman–Crippen LogP) is 3.85. The van der Waals surface area contributed by atoms with Crippen LogP contribution in [0.3, 0.4) is 0 Å². The van der Waals surface area contributed by atoms with Crippen LogP contribution in [0.15, 0.2) is 36.5 Å². The van der Waals surface area contributed by atoms with E-state index in [0.29, 0.717) is 5.65 Å². The van der Waals surface area contributed by atoms with Crippen LogP contribution in [0.25, 0.3) is 21.9 Å². The van der Waals surface area contributed by atoms with Gasteiger partial charge < -0.3 is 10.2 Å². The van der Waals surface area contributed by atoms with Crippen molar-refractivity contribution in [2.45, 2.75) is 32.7 Å². The lowest BCUT2D eigenvalue weighted by atomic mass is 10.1. The quantitative estimate of drug-likeness (QED) is 0.554. The van der Waals surface area contributed by atoms with Crippen LogP contribution in [-0.4, -0.2) is 49.5 Å². The zero-order valence-electron chi connectivity index (χ0n) is 16.1. The Hall–Kier alpha value is -2.93. The van der Waals surface area contributed by atoms with Crippen LogP contribution in [-0.2, 0) is 6.54 Å². The molecule has 0 unspecified atom stereocenters. The Morgan fingerprint density at radius 1 is 1.07 bits per heavy atom. The molecule has 0 radical (unpaired) electrons. The van der Waals surface area contributed by atoms with Crippen LogP contribution in [0.1, 0.15) is 25.0 Å². The number of piperidine rings is 1. The molecule has 0 amide bonds. The van der Waals surface area contributed by atoms with E-state index in [9.17, 15) is 0 Å². The molecule has 0 saturated carbocycles. The van der Waals surface area contributed by atoms with E-state index < -0.39 is 0 Å². The Kier molecular flexibility index (Phi) is 4.44. The second-order valence-corrected chi connectivity index (χ2v) is 7.54. The Balaban J connectivity index is 1.38. The molecular formula is C21H25N7. The molecule has 7 nitrogen and oxygen atoms in total. The first kappa shape index (κ1) is 17.2. The number of hydrogen-bond acceptors (Lipinski definition) is 5. The van der Waals surface area contributed by atoms with Crippen LogP contribution >= 0.6 is 0 Å². The number of nitrogens with zero attached hydrogens (tertiary/aromatic N) is 5. The number of anilines is 2. The number of aryl methyl sites for hydroxylation is 1. The molecule has 3 aromatic heterocycles. The number of fused-ring (bicyclic) bond motifs is 2. The minimum atomic E-state index is 0.716. The van der Waals surface area contributed by atoms with Gasteiger partial charge in [-0.2, -0.15) is 10.2 Å². The third kappa shape index (κ3) is 3.22. The molecule has 0 atom stereocenters. The summed E-state index contributed by atoms with van der Waals surface area (Å²) < 4.78 is 2.15. The van der Waals surface area contributed by atoms with Crippen molar-refractivity contribution in [2.75, 3.05) is 25.0 Å². The molecule has 1 saturated heterocycles. The first-order chi connectivity index (χ1) is 13.8. The first-order valence-corrected chi connectivity index (χ1v) is 10.0. The summed E-state index contributed by atoms with van der Waals surface area (Å²) in [5, 5.41) is 17.7. The molecule has 4 aromatic rings. The highest BCUT2D eigenvalue weighted by molar-refractivity contribution is 5.91. The van der Waals surface area contributed by atoms with Crippen molar-refractivity contribution >= 4 is 33.4 Å². The molecule has 1 aliphatic heterocycles. The van der Waals surface area contributed by atoms with Gasteiger partial charge in [0.05, 0.1) is 23.1 Å². The minimum Gasteiger partial charge on any atom is -0.340 e. The Morgan fingerprint density at radius 2 is 1.96 bits per heavy atom. The maximum absolute atomic E-state index is 4.79. The van der Waals surface area contributed by atoms with Crippen LogP contribution in [0.2, 0.25) is 0 Å². The Labute approximate surface area is 163 Å². The summed E-state index contributed by atoms with van der Waals surface area (Å²) >= 11 is 0. The number of aromatic nitrogens is 5. The van der Waals surface area contributed by atoms with Gasteiger partial charge in [0.15, 0.2) is 5.65 Å². The number of rotatable bonds is 5. The van der Waals surface area contributed by atoms with Crippen molar-refractivity contribution in [3.05, 3.63) is 42.2 Å². The topological polar surface area (TPSA) is 74.7 Å². The van der Waals surface area contributed by atoms with E-state index in [2.05, 4.69) is 55.2 Å². The summed E-state index contributed by atoms with van der Waals surface area (Å²) in [6.07, 6.45) is 5.77. The van der Waals surface area contributed by atoms with E-state index in [0.717, 1.165) is 35.7 Å². The molecule has 1 fully saturated rings. The zero-order chi connectivity index (χ0) is 18.9. The number of likely N-dealkylation sites (tertiary alicyclic amines) is 1. The first-order valence-electron chi connectivity index (χ1n) is 10.0. The van der Waals surface area contributed by atoms with Crippen molar-refractivity contribution in [1.29, 1.82) is 0 Å². The highest BCUT2D eigenvalue weighted by Crippen LogP contribution is 2.27. The summed E-state index contributed by atoms with van der Waals surface area (Å²) in [5.41, 5.74) is 3.98. The van der Waals surface area contributed by atoms with Crippen LogP contribution in [0.5, 0.6) is 0 Å².